The van der Waals surface area contributed by atoms with Crippen molar-refractivity contribution in [3.63, 3.8) is 0 Å². The van der Waals surface area contributed by atoms with Crippen molar-refractivity contribution in [2.24, 2.45) is 0 Å². The zero-order valence-electron chi connectivity index (χ0n) is 16.3. The summed E-state index contributed by atoms with van der Waals surface area (Å²) in [6, 6.07) is 16.1. The van der Waals surface area contributed by atoms with Gasteiger partial charge in [-0.2, -0.15) is 0 Å². The molecule has 1 aliphatic rings. The van der Waals surface area contributed by atoms with Crippen LogP contribution in [-0.2, 0) is 22.4 Å². The number of nitrogens with zero attached hydrogens (tertiary/aromatic N) is 2. The molecule has 0 radical (unpaired) electrons. The van der Waals surface area contributed by atoms with Crippen molar-refractivity contribution in [2.45, 2.75) is 33.1 Å². The number of hydrogen-bond donors (Lipinski definition) is 0. The average Bonchev–Trinajstić information content (AvgIpc) is 2.92. The molecule has 2 aromatic rings. The van der Waals surface area contributed by atoms with Crippen LogP contribution in [0.4, 0.5) is 0 Å². The predicted molar refractivity (Wildman–Crippen MR) is 108 cm³/mol. The number of amides is 2. The molecular weight excluding hydrogens is 336 g/mol. The number of aryl methyl sites for hydroxylation is 2. The smallest absolute Gasteiger partial charge is 0.227 e. The van der Waals surface area contributed by atoms with Gasteiger partial charge in [-0.3, -0.25) is 9.59 Å². The van der Waals surface area contributed by atoms with Gasteiger partial charge in [-0.1, -0.05) is 54.1 Å². The minimum absolute atomic E-state index is 0.144. The van der Waals surface area contributed by atoms with Crippen molar-refractivity contribution >= 4 is 11.8 Å². The molecule has 4 nitrogen and oxygen atoms in total. The molecule has 1 aliphatic heterocycles. The molecule has 0 N–H and O–H groups in total. The van der Waals surface area contributed by atoms with Crippen molar-refractivity contribution in [2.75, 3.05) is 26.2 Å². The van der Waals surface area contributed by atoms with Crippen molar-refractivity contribution in [3.8, 4) is 0 Å². The monoisotopic (exact) mass is 364 g/mol. The van der Waals surface area contributed by atoms with Gasteiger partial charge in [0.15, 0.2) is 0 Å². The SMILES string of the molecule is Cc1ccc(C)c(CC(=O)N2CCCN(C(=O)Cc3ccccc3)CC2)c1. The first-order valence-electron chi connectivity index (χ1n) is 9.68. The highest BCUT2D eigenvalue weighted by Gasteiger charge is 2.22. The molecule has 142 valence electrons. The van der Waals surface area contributed by atoms with E-state index in [1.165, 1.54) is 5.56 Å². The predicted octanol–water partition coefficient (Wildman–Crippen LogP) is 3.15. The van der Waals surface area contributed by atoms with E-state index in [2.05, 4.69) is 32.0 Å². The van der Waals surface area contributed by atoms with E-state index in [1.807, 2.05) is 40.1 Å². The number of benzene rings is 2. The van der Waals surface area contributed by atoms with Crippen LogP contribution in [-0.4, -0.2) is 47.8 Å². The lowest BCUT2D eigenvalue weighted by Gasteiger charge is -2.22. The van der Waals surface area contributed by atoms with E-state index >= 15 is 0 Å². The number of carbonyl (C=O) groups excluding carboxylic acids is 2. The van der Waals surface area contributed by atoms with Gasteiger partial charge in [0.2, 0.25) is 11.8 Å². The fourth-order valence-electron chi connectivity index (χ4n) is 3.56. The number of carbonyl (C=O) groups is 2. The van der Waals surface area contributed by atoms with Gasteiger partial charge in [-0.25, -0.2) is 0 Å². The summed E-state index contributed by atoms with van der Waals surface area (Å²) in [4.78, 5) is 29.2. The molecule has 0 bridgehead atoms. The summed E-state index contributed by atoms with van der Waals surface area (Å²) >= 11 is 0. The maximum absolute atomic E-state index is 12.8. The van der Waals surface area contributed by atoms with Crippen LogP contribution < -0.4 is 0 Å². The van der Waals surface area contributed by atoms with Gasteiger partial charge in [0, 0.05) is 26.2 Å². The molecule has 27 heavy (non-hydrogen) atoms. The molecule has 1 heterocycles. The molecule has 3 rings (SSSR count). The van der Waals surface area contributed by atoms with E-state index < -0.39 is 0 Å². The van der Waals surface area contributed by atoms with Gasteiger partial charge in [0.25, 0.3) is 0 Å². The lowest BCUT2D eigenvalue weighted by Crippen LogP contribution is -2.38. The van der Waals surface area contributed by atoms with E-state index in [4.69, 9.17) is 0 Å². The van der Waals surface area contributed by atoms with E-state index in [1.54, 1.807) is 0 Å². The summed E-state index contributed by atoms with van der Waals surface area (Å²) in [7, 11) is 0. The summed E-state index contributed by atoms with van der Waals surface area (Å²) in [6.07, 6.45) is 1.70. The third kappa shape index (κ3) is 5.19. The van der Waals surface area contributed by atoms with Crippen molar-refractivity contribution < 1.29 is 9.59 Å². The molecule has 0 aromatic heterocycles. The van der Waals surface area contributed by atoms with Crippen molar-refractivity contribution in [1.82, 2.24) is 9.80 Å². The average molecular weight is 364 g/mol. The molecule has 0 unspecified atom stereocenters. The van der Waals surface area contributed by atoms with E-state index in [-0.39, 0.29) is 11.8 Å². The molecule has 2 aromatic carbocycles. The molecule has 0 aliphatic carbocycles. The Morgan fingerprint density at radius 2 is 1.44 bits per heavy atom. The number of hydrogen-bond acceptors (Lipinski definition) is 2. The molecule has 2 amide bonds. The highest BCUT2D eigenvalue weighted by molar-refractivity contribution is 5.80. The molecule has 1 saturated heterocycles. The second-order valence-electron chi connectivity index (χ2n) is 7.38. The molecule has 0 saturated carbocycles. The van der Waals surface area contributed by atoms with Gasteiger partial charge in [-0.05, 0) is 37.0 Å². The highest BCUT2D eigenvalue weighted by atomic mass is 16.2. The van der Waals surface area contributed by atoms with Gasteiger partial charge in [0.1, 0.15) is 0 Å². The largest absolute Gasteiger partial charge is 0.341 e. The third-order valence-electron chi connectivity index (χ3n) is 5.25. The van der Waals surface area contributed by atoms with Gasteiger partial charge in [0.05, 0.1) is 12.8 Å². The highest BCUT2D eigenvalue weighted by Crippen LogP contribution is 2.14. The Kier molecular flexibility index (Phi) is 6.28. The summed E-state index contributed by atoms with van der Waals surface area (Å²) in [5.74, 6) is 0.297. The summed E-state index contributed by atoms with van der Waals surface area (Å²) in [6.45, 7) is 6.77. The lowest BCUT2D eigenvalue weighted by atomic mass is 10.0. The second kappa shape index (κ2) is 8.85. The molecule has 0 atom stereocenters. The minimum atomic E-state index is 0.144. The quantitative estimate of drug-likeness (QED) is 0.836. The van der Waals surface area contributed by atoms with Crippen LogP contribution >= 0.6 is 0 Å². The summed E-state index contributed by atoms with van der Waals surface area (Å²) in [5, 5.41) is 0. The Morgan fingerprint density at radius 3 is 2.11 bits per heavy atom. The Balaban J connectivity index is 1.56. The van der Waals surface area contributed by atoms with Gasteiger partial charge >= 0.3 is 0 Å². The molecule has 1 fully saturated rings. The van der Waals surface area contributed by atoms with Crippen LogP contribution in [0.5, 0.6) is 0 Å². The van der Waals surface area contributed by atoms with Crippen LogP contribution in [0.3, 0.4) is 0 Å². The first kappa shape index (κ1) is 19.2. The standard InChI is InChI=1S/C23H28N2O2/c1-18-9-10-19(2)21(15-18)17-23(27)25-12-6-11-24(13-14-25)22(26)16-20-7-4-3-5-8-20/h3-5,7-10,15H,6,11-14,16-17H2,1-2H3. The Labute approximate surface area is 161 Å². The lowest BCUT2D eigenvalue weighted by molar-refractivity contribution is -0.132. The third-order valence-corrected chi connectivity index (χ3v) is 5.25. The van der Waals surface area contributed by atoms with Gasteiger partial charge in [-0.15, -0.1) is 0 Å². The zero-order valence-corrected chi connectivity index (χ0v) is 16.3. The molecule has 4 heteroatoms. The maximum Gasteiger partial charge on any atom is 0.227 e. The molecular formula is C23H28N2O2. The Hall–Kier alpha value is -2.62. The topological polar surface area (TPSA) is 40.6 Å². The Morgan fingerprint density at radius 1 is 0.815 bits per heavy atom. The van der Waals surface area contributed by atoms with Gasteiger partial charge < -0.3 is 9.80 Å². The molecule has 0 spiro atoms. The van der Waals surface area contributed by atoms with Crippen LogP contribution in [0.1, 0.15) is 28.7 Å². The van der Waals surface area contributed by atoms with E-state index in [0.717, 1.165) is 36.2 Å². The van der Waals surface area contributed by atoms with Crippen LogP contribution in [0.25, 0.3) is 0 Å². The fraction of sp³-hybridized carbons (Fsp3) is 0.391. The van der Waals surface area contributed by atoms with Crippen LogP contribution in [0.2, 0.25) is 0 Å². The first-order chi connectivity index (χ1) is 13.0. The van der Waals surface area contributed by atoms with Crippen LogP contribution in [0, 0.1) is 13.8 Å². The fourth-order valence-corrected chi connectivity index (χ4v) is 3.56. The minimum Gasteiger partial charge on any atom is -0.341 e. The summed E-state index contributed by atoms with van der Waals surface area (Å²) in [5.41, 5.74) is 4.47. The maximum atomic E-state index is 12.8. The summed E-state index contributed by atoms with van der Waals surface area (Å²) < 4.78 is 0. The van der Waals surface area contributed by atoms with Crippen molar-refractivity contribution in [3.05, 3.63) is 70.8 Å². The second-order valence-corrected chi connectivity index (χ2v) is 7.38. The zero-order chi connectivity index (χ0) is 19.2. The van der Waals surface area contributed by atoms with Crippen molar-refractivity contribution in [1.29, 1.82) is 0 Å². The van der Waals surface area contributed by atoms with E-state index in [9.17, 15) is 9.59 Å². The number of rotatable bonds is 4. The normalized spacial score (nSPS) is 14.7. The Bertz CT molecular complexity index is 801. The first-order valence-corrected chi connectivity index (χ1v) is 9.68. The van der Waals surface area contributed by atoms with Crippen LogP contribution in [0.15, 0.2) is 48.5 Å². The van der Waals surface area contributed by atoms with E-state index in [0.29, 0.717) is 25.9 Å².